The molecule has 1 aliphatic carbocycles. The molecule has 0 N–H and O–H groups in total. The Balaban J connectivity index is 1.54. The van der Waals surface area contributed by atoms with Crippen molar-refractivity contribution in [2.75, 3.05) is 0 Å². The van der Waals surface area contributed by atoms with Crippen LogP contribution >= 0.6 is 0 Å². The average Bonchev–Trinajstić information content (AvgIpc) is 3.18. The van der Waals surface area contributed by atoms with Crippen molar-refractivity contribution in [1.82, 2.24) is 0 Å². The van der Waals surface area contributed by atoms with E-state index in [0.717, 1.165) is 18.1 Å². The van der Waals surface area contributed by atoms with Crippen LogP contribution < -0.4 is 0 Å². The Morgan fingerprint density at radius 2 is 1.60 bits per heavy atom. The van der Waals surface area contributed by atoms with Gasteiger partial charge in [-0.3, -0.25) is 0 Å². The maximum absolute atomic E-state index is 13.4. The maximum Gasteiger partial charge on any atom is 0.159 e. The molecule has 0 saturated heterocycles. The van der Waals surface area contributed by atoms with E-state index in [1.807, 2.05) is 6.08 Å². The number of rotatable bonds is 6. The van der Waals surface area contributed by atoms with E-state index in [-0.39, 0.29) is 0 Å². The molecule has 30 heavy (non-hydrogen) atoms. The van der Waals surface area contributed by atoms with Gasteiger partial charge in [-0.15, -0.1) is 0 Å². The lowest BCUT2D eigenvalue weighted by Gasteiger charge is -2.11. The first kappa shape index (κ1) is 20.3. The van der Waals surface area contributed by atoms with Gasteiger partial charge in [0.1, 0.15) is 0 Å². The van der Waals surface area contributed by atoms with Crippen molar-refractivity contribution in [2.45, 2.75) is 39.5 Å². The summed E-state index contributed by atoms with van der Waals surface area (Å²) in [4.78, 5) is 0. The van der Waals surface area contributed by atoms with Crippen LogP contribution in [0.3, 0.4) is 0 Å². The molecule has 0 aromatic heterocycles. The van der Waals surface area contributed by atoms with Gasteiger partial charge in [-0.2, -0.15) is 0 Å². The molecule has 0 unspecified atom stereocenters. The number of allylic oxidation sites excluding steroid dienone is 1. The molecule has 0 heterocycles. The quantitative estimate of drug-likeness (QED) is 0.365. The van der Waals surface area contributed by atoms with Gasteiger partial charge >= 0.3 is 0 Å². The van der Waals surface area contributed by atoms with E-state index >= 15 is 0 Å². The highest BCUT2D eigenvalue weighted by Crippen LogP contribution is 2.35. The second-order valence-corrected chi connectivity index (χ2v) is 8.02. The molecule has 0 saturated carbocycles. The van der Waals surface area contributed by atoms with E-state index in [1.165, 1.54) is 53.1 Å². The molecule has 0 atom stereocenters. The Kier molecular flexibility index (Phi) is 5.94. The molecule has 3 aromatic rings. The Morgan fingerprint density at radius 1 is 0.867 bits per heavy atom. The van der Waals surface area contributed by atoms with Gasteiger partial charge in [-0.25, -0.2) is 8.78 Å². The highest BCUT2D eigenvalue weighted by Gasteiger charge is 2.16. The molecular formula is C28H26F2. The third kappa shape index (κ3) is 4.28. The van der Waals surface area contributed by atoms with Gasteiger partial charge in [0.25, 0.3) is 0 Å². The number of benzene rings is 3. The summed E-state index contributed by atoms with van der Waals surface area (Å²) in [5.41, 5.74) is 9.82. The highest BCUT2D eigenvalue weighted by molar-refractivity contribution is 5.78. The summed E-state index contributed by atoms with van der Waals surface area (Å²) in [6.07, 6.45) is 10.9. The van der Waals surface area contributed by atoms with E-state index in [9.17, 15) is 8.78 Å². The number of halogens is 2. The average molecular weight is 401 g/mol. The monoisotopic (exact) mass is 400 g/mol. The van der Waals surface area contributed by atoms with Crippen LogP contribution in [0.5, 0.6) is 0 Å². The van der Waals surface area contributed by atoms with Gasteiger partial charge in [-0.05, 0) is 77.3 Å². The fraction of sp³-hybridized carbons (Fsp3) is 0.214. The molecule has 0 spiro atoms. The first-order valence-corrected chi connectivity index (χ1v) is 10.6. The Morgan fingerprint density at radius 3 is 2.33 bits per heavy atom. The zero-order chi connectivity index (χ0) is 21.1. The summed E-state index contributed by atoms with van der Waals surface area (Å²) in [5.74, 6) is -1.65. The standard InChI is InChI=1S/C28H26F2/c1-3-4-5-22-16-24-13-14-25(19(2)26(24)17-22)23-11-8-20(9-12-23)6-7-21-10-15-27(29)28(30)18-21/h6-15,17-18H,3-5,16H2,1-2H3/b7-6+. The molecule has 0 nitrogen and oxygen atoms in total. The van der Waals surface area contributed by atoms with Crippen LogP contribution in [-0.2, 0) is 6.42 Å². The minimum absolute atomic E-state index is 0.637. The molecular weight excluding hydrogens is 374 g/mol. The van der Waals surface area contributed by atoms with Crippen LogP contribution in [-0.4, -0.2) is 0 Å². The summed E-state index contributed by atoms with van der Waals surface area (Å²) < 4.78 is 26.4. The van der Waals surface area contributed by atoms with E-state index in [0.29, 0.717) is 5.56 Å². The van der Waals surface area contributed by atoms with Gasteiger partial charge in [0.15, 0.2) is 11.6 Å². The van der Waals surface area contributed by atoms with Crippen LogP contribution in [0.1, 0.15) is 54.0 Å². The topological polar surface area (TPSA) is 0 Å². The largest absolute Gasteiger partial charge is 0.204 e. The second kappa shape index (κ2) is 8.79. The van der Waals surface area contributed by atoms with E-state index in [2.05, 4.69) is 56.3 Å². The first-order chi connectivity index (χ1) is 14.5. The molecule has 2 heteroatoms. The molecule has 0 bridgehead atoms. The predicted octanol–water partition coefficient (Wildman–Crippen LogP) is 8.24. The van der Waals surface area contributed by atoms with Crippen LogP contribution in [0, 0.1) is 18.6 Å². The molecule has 3 aromatic carbocycles. The SMILES string of the molecule is CCCCC1=Cc2c(ccc(-c3ccc(/C=C/c4ccc(F)c(F)c4)cc3)c2C)C1. The third-order valence-corrected chi connectivity index (χ3v) is 5.86. The smallest absolute Gasteiger partial charge is 0.159 e. The molecule has 0 radical (unpaired) electrons. The van der Waals surface area contributed by atoms with Crippen molar-refractivity contribution in [1.29, 1.82) is 0 Å². The molecule has 4 rings (SSSR count). The second-order valence-electron chi connectivity index (χ2n) is 8.02. The summed E-state index contributed by atoms with van der Waals surface area (Å²) in [6, 6.07) is 16.8. The zero-order valence-corrected chi connectivity index (χ0v) is 17.5. The first-order valence-electron chi connectivity index (χ1n) is 10.6. The fourth-order valence-electron chi connectivity index (χ4n) is 4.10. The molecule has 0 amide bonds. The van der Waals surface area contributed by atoms with Crippen molar-refractivity contribution in [3.05, 3.63) is 99.6 Å². The van der Waals surface area contributed by atoms with E-state index in [1.54, 1.807) is 17.7 Å². The summed E-state index contributed by atoms with van der Waals surface area (Å²) in [5, 5.41) is 0. The van der Waals surface area contributed by atoms with Crippen LogP contribution in [0.4, 0.5) is 8.78 Å². The van der Waals surface area contributed by atoms with Crippen molar-refractivity contribution >= 4 is 18.2 Å². The number of unbranched alkanes of at least 4 members (excludes halogenated alkanes) is 1. The van der Waals surface area contributed by atoms with E-state index in [4.69, 9.17) is 0 Å². The lowest BCUT2D eigenvalue weighted by Crippen LogP contribution is -1.91. The van der Waals surface area contributed by atoms with Crippen LogP contribution in [0.25, 0.3) is 29.4 Å². The van der Waals surface area contributed by atoms with Crippen LogP contribution in [0.2, 0.25) is 0 Å². The molecule has 1 aliphatic rings. The fourth-order valence-corrected chi connectivity index (χ4v) is 4.10. The number of hydrogen-bond acceptors (Lipinski definition) is 0. The van der Waals surface area contributed by atoms with E-state index < -0.39 is 11.6 Å². The molecule has 0 fully saturated rings. The molecule has 152 valence electrons. The Labute approximate surface area is 177 Å². The summed E-state index contributed by atoms with van der Waals surface area (Å²) in [7, 11) is 0. The van der Waals surface area contributed by atoms with Gasteiger partial charge < -0.3 is 0 Å². The lowest BCUT2D eigenvalue weighted by atomic mass is 9.93. The van der Waals surface area contributed by atoms with Crippen LogP contribution in [0.15, 0.2) is 60.2 Å². The summed E-state index contributed by atoms with van der Waals surface area (Å²) in [6.45, 7) is 4.45. The summed E-state index contributed by atoms with van der Waals surface area (Å²) >= 11 is 0. The number of fused-ring (bicyclic) bond motifs is 1. The maximum atomic E-state index is 13.4. The number of hydrogen-bond donors (Lipinski definition) is 0. The van der Waals surface area contributed by atoms with Gasteiger partial charge in [0, 0.05) is 0 Å². The Hall–Kier alpha value is -3.00. The third-order valence-electron chi connectivity index (χ3n) is 5.86. The van der Waals surface area contributed by atoms with Crippen molar-refractivity contribution < 1.29 is 8.78 Å². The normalized spacial score (nSPS) is 13.0. The van der Waals surface area contributed by atoms with Crippen molar-refractivity contribution in [3.63, 3.8) is 0 Å². The predicted molar refractivity (Wildman–Crippen MR) is 123 cm³/mol. The van der Waals surface area contributed by atoms with Gasteiger partial charge in [-0.1, -0.05) is 79.6 Å². The molecule has 0 aliphatic heterocycles. The van der Waals surface area contributed by atoms with Gasteiger partial charge in [0.05, 0.1) is 0 Å². The minimum atomic E-state index is -0.827. The Bertz CT molecular complexity index is 1120. The van der Waals surface area contributed by atoms with Crippen molar-refractivity contribution in [2.24, 2.45) is 0 Å². The van der Waals surface area contributed by atoms with Crippen molar-refractivity contribution in [3.8, 4) is 11.1 Å². The zero-order valence-electron chi connectivity index (χ0n) is 17.5. The van der Waals surface area contributed by atoms with Gasteiger partial charge in [0.2, 0.25) is 0 Å². The highest BCUT2D eigenvalue weighted by atomic mass is 19.2. The lowest BCUT2D eigenvalue weighted by molar-refractivity contribution is 0.508. The minimum Gasteiger partial charge on any atom is -0.204 e.